The van der Waals surface area contributed by atoms with Crippen LogP contribution in [0.3, 0.4) is 0 Å². The zero-order valence-electron chi connectivity index (χ0n) is 10.1. The van der Waals surface area contributed by atoms with Gasteiger partial charge in [0.05, 0.1) is 12.2 Å². The third kappa shape index (κ3) is 5.26. The largest absolute Gasteiger partial charge is 0.476 e. The smallest absolute Gasteiger partial charge is 0.356 e. The van der Waals surface area contributed by atoms with Crippen LogP contribution >= 0.6 is 0 Å². The Bertz CT molecular complexity index is 370. The van der Waals surface area contributed by atoms with E-state index in [0.717, 1.165) is 0 Å². The first-order chi connectivity index (χ1) is 7.88. The van der Waals surface area contributed by atoms with Crippen LogP contribution in [-0.4, -0.2) is 40.1 Å². The molecule has 0 aromatic carbocycles. The molecule has 0 aliphatic rings. The van der Waals surface area contributed by atoms with Crippen molar-refractivity contribution in [3.05, 3.63) is 17.8 Å². The first-order valence-electron chi connectivity index (χ1n) is 5.22. The summed E-state index contributed by atoms with van der Waals surface area (Å²) >= 11 is 0. The molecule has 0 amide bonds. The SMILES string of the molecule is CC(C)(C)OCCOc1ccc(C(=O)O)nn1. The molecule has 0 radical (unpaired) electrons. The van der Waals surface area contributed by atoms with Gasteiger partial charge in [0.15, 0.2) is 5.69 Å². The molecule has 1 N–H and O–H groups in total. The first kappa shape index (κ1) is 13.4. The fourth-order valence-electron chi connectivity index (χ4n) is 1.01. The standard InChI is InChI=1S/C11H16N2O4/c1-11(2,3)17-7-6-16-9-5-4-8(10(14)15)12-13-9/h4-5H,6-7H2,1-3H3,(H,14,15). The van der Waals surface area contributed by atoms with Gasteiger partial charge in [-0.05, 0) is 26.8 Å². The zero-order chi connectivity index (χ0) is 12.9. The highest BCUT2D eigenvalue weighted by Crippen LogP contribution is 2.07. The summed E-state index contributed by atoms with van der Waals surface area (Å²) < 4.78 is 10.7. The van der Waals surface area contributed by atoms with Gasteiger partial charge in [0.2, 0.25) is 5.88 Å². The van der Waals surface area contributed by atoms with Crippen LogP contribution < -0.4 is 4.74 Å². The van der Waals surface area contributed by atoms with Gasteiger partial charge in [0.25, 0.3) is 0 Å². The van der Waals surface area contributed by atoms with Crippen LogP contribution in [0.5, 0.6) is 5.88 Å². The molecule has 0 bridgehead atoms. The molecule has 17 heavy (non-hydrogen) atoms. The number of aromatic carboxylic acids is 1. The highest BCUT2D eigenvalue weighted by molar-refractivity contribution is 5.84. The Morgan fingerprint density at radius 2 is 2.00 bits per heavy atom. The van der Waals surface area contributed by atoms with Gasteiger partial charge >= 0.3 is 5.97 Å². The number of carbonyl (C=O) groups is 1. The number of nitrogens with zero attached hydrogens (tertiary/aromatic N) is 2. The number of ether oxygens (including phenoxy) is 2. The van der Waals surface area contributed by atoms with Crippen molar-refractivity contribution < 1.29 is 19.4 Å². The fourth-order valence-corrected chi connectivity index (χ4v) is 1.01. The van der Waals surface area contributed by atoms with Gasteiger partial charge in [-0.25, -0.2) is 4.79 Å². The monoisotopic (exact) mass is 240 g/mol. The minimum absolute atomic E-state index is 0.108. The van der Waals surface area contributed by atoms with Crippen LogP contribution in [0.2, 0.25) is 0 Å². The lowest BCUT2D eigenvalue weighted by Crippen LogP contribution is -2.22. The molecule has 0 aliphatic heterocycles. The predicted octanol–water partition coefficient (Wildman–Crippen LogP) is 1.37. The van der Waals surface area contributed by atoms with E-state index in [9.17, 15) is 4.79 Å². The van der Waals surface area contributed by atoms with Gasteiger partial charge in [-0.3, -0.25) is 0 Å². The second kappa shape index (κ2) is 5.58. The van der Waals surface area contributed by atoms with Crippen molar-refractivity contribution in [2.24, 2.45) is 0 Å². The maximum absolute atomic E-state index is 10.5. The van der Waals surface area contributed by atoms with Crippen LogP contribution in [-0.2, 0) is 4.74 Å². The highest BCUT2D eigenvalue weighted by Gasteiger charge is 2.10. The van der Waals surface area contributed by atoms with Crippen molar-refractivity contribution in [1.29, 1.82) is 0 Å². The summed E-state index contributed by atoms with van der Waals surface area (Å²) in [5, 5.41) is 15.7. The second-order valence-electron chi connectivity index (χ2n) is 4.37. The Balaban J connectivity index is 2.35. The molecule has 1 rings (SSSR count). The Morgan fingerprint density at radius 3 is 2.47 bits per heavy atom. The summed E-state index contributed by atoms with van der Waals surface area (Å²) in [6, 6.07) is 2.81. The van der Waals surface area contributed by atoms with Gasteiger partial charge in [-0.15, -0.1) is 10.2 Å². The van der Waals surface area contributed by atoms with Crippen LogP contribution in [0, 0.1) is 0 Å². The number of carboxylic acid groups (broad SMARTS) is 1. The van der Waals surface area contributed by atoms with Crippen molar-refractivity contribution in [1.82, 2.24) is 10.2 Å². The molecule has 94 valence electrons. The molecule has 6 nitrogen and oxygen atoms in total. The number of aromatic nitrogens is 2. The van der Waals surface area contributed by atoms with Crippen molar-refractivity contribution in [3.63, 3.8) is 0 Å². The van der Waals surface area contributed by atoms with E-state index in [2.05, 4.69) is 10.2 Å². The first-order valence-corrected chi connectivity index (χ1v) is 5.22. The van der Waals surface area contributed by atoms with E-state index in [0.29, 0.717) is 13.2 Å². The summed E-state index contributed by atoms with van der Waals surface area (Å²) in [5.74, 6) is -0.826. The van der Waals surface area contributed by atoms with E-state index in [1.807, 2.05) is 20.8 Å². The van der Waals surface area contributed by atoms with E-state index in [1.165, 1.54) is 12.1 Å². The number of carboxylic acids is 1. The van der Waals surface area contributed by atoms with Gasteiger partial charge in [-0.2, -0.15) is 0 Å². The lowest BCUT2D eigenvalue weighted by Gasteiger charge is -2.19. The van der Waals surface area contributed by atoms with Crippen LogP contribution in [0.15, 0.2) is 12.1 Å². The van der Waals surface area contributed by atoms with Crippen LogP contribution in [0.4, 0.5) is 0 Å². The van der Waals surface area contributed by atoms with Crippen LogP contribution in [0.25, 0.3) is 0 Å². The summed E-state index contributed by atoms with van der Waals surface area (Å²) in [7, 11) is 0. The van der Waals surface area contributed by atoms with E-state index in [1.54, 1.807) is 0 Å². The lowest BCUT2D eigenvalue weighted by molar-refractivity contribution is -0.0169. The molecule has 0 atom stereocenters. The molecule has 0 fully saturated rings. The van der Waals surface area contributed by atoms with E-state index >= 15 is 0 Å². The molecular formula is C11H16N2O4. The fraction of sp³-hybridized carbons (Fsp3) is 0.545. The van der Waals surface area contributed by atoms with E-state index in [4.69, 9.17) is 14.6 Å². The van der Waals surface area contributed by atoms with Crippen molar-refractivity contribution in [3.8, 4) is 5.88 Å². The Labute approximate surface area is 99.6 Å². The quantitative estimate of drug-likeness (QED) is 0.783. The normalized spacial score (nSPS) is 11.2. The molecular weight excluding hydrogens is 224 g/mol. The summed E-state index contributed by atoms with van der Waals surface area (Å²) in [6.45, 7) is 6.64. The van der Waals surface area contributed by atoms with Gasteiger partial charge in [0, 0.05) is 6.07 Å². The lowest BCUT2D eigenvalue weighted by atomic mass is 10.2. The third-order valence-electron chi connectivity index (χ3n) is 1.73. The van der Waals surface area contributed by atoms with E-state index < -0.39 is 5.97 Å². The molecule has 0 saturated carbocycles. The molecule has 0 spiro atoms. The minimum Gasteiger partial charge on any atom is -0.476 e. The summed E-state index contributed by atoms with van der Waals surface area (Å²) in [6.07, 6.45) is 0. The van der Waals surface area contributed by atoms with Crippen LogP contribution in [0.1, 0.15) is 31.3 Å². The Kier molecular flexibility index (Phi) is 4.39. The highest BCUT2D eigenvalue weighted by atomic mass is 16.5. The molecule has 6 heteroatoms. The van der Waals surface area contributed by atoms with Gasteiger partial charge in [0.1, 0.15) is 6.61 Å². The van der Waals surface area contributed by atoms with Crippen molar-refractivity contribution in [2.75, 3.05) is 13.2 Å². The second-order valence-corrected chi connectivity index (χ2v) is 4.37. The predicted molar refractivity (Wildman–Crippen MR) is 60.2 cm³/mol. The van der Waals surface area contributed by atoms with Crippen molar-refractivity contribution in [2.45, 2.75) is 26.4 Å². The molecule has 1 heterocycles. The third-order valence-corrected chi connectivity index (χ3v) is 1.73. The molecule has 0 unspecified atom stereocenters. The molecule has 1 aromatic heterocycles. The number of hydrogen-bond acceptors (Lipinski definition) is 5. The maximum Gasteiger partial charge on any atom is 0.356 e. The summed E-state index contributed by atoms with van der Waals surface area (Å²) in [5.41, 5.74) is -0.314. The average Bonchev–Trinajstić information content (AvgIpc) is 2.24. The zero-order valence-corrected chi connectivity index (χ0v) is 10.1. The Hall–Kier alpha value is -1.69. The van der Waals surface area contributed by atoms with Crippen molar-refractivity contribution >= 4 is 5.97 Å². The van der Waals surface area contributed by atoms with Gasteiger partial charge < -0.3 is 14.6 Å². The minimum atomic E-state index is -1.11. The average molecular weight is 240 g/mol. The Morgan fingerprint density at radius 1 is 1.29 bits per heavy atom. The number of rotatable bonds is 5. The van der Waals surface area contributed by atoms with E-state index in [-0.39, 0.29) is 17.2 Å². The topological polar surface area (TPSA) is 81.5 Å². The maximum atomic E-state index is 10.5. The number of hydrogen-bond donors (Lipinski definition) is 1. The summed E-state index contributed by atoms with van der Waals surface area (Å²) in [4.78, 5) is 10.5. The molecule has 0 aliphatic carbocycles. The molecule has 0 saturated heterocycles. The molecule has 1 aromatic rings. The van der Waals surface area contributed by atoms with Gasteiger partial charge in [-0.1, -0.05) is 0 Å².